The molecule has 2 atom stereocenters. The quantitative estimate of drug-likeness (QED) is 0.760. The number of nitrogens with zero attached hydrogens (tertiary/aromatic N) is 1. The fourth-order valence-corrected chi connectivity index (χ4v) is 3.91. The second-order valence-corrected chi connectivity index (χ2v) is 7.87. The molecule has 0 amide bonds. The standard InChI is InChI=1S/C12H25NO2S/c1-9(2)11-6-7-13(10(3)4)12(11)8-16(5,14)15/h9-12H,6-8H2,1-5H3. The summed E-state index contributed by atoms with van der Waals surface area (Å²) in [5, 5.41) is 0. The van der Waals surface area contributed by atoms with E-state index in [9.17, 15) is 8.42 Å². The average Bonchev–Trinajstić information content (AvgIpc) is 2.44. The second-order valence-electron chi connectivity index (χ2n) is 5.69. The summed E-state index contributed by atoms with van der Waals surface area (Å²) < 4.78 is 23.0. The van der Waals surface area contributed by atoms with Gasteiger partial charge in [-0.1, -0.05) is 13.8 Å². The topological polar surface area (TPSA) is 37.4 Å². The molecule has 2 unspecified atom stereocenters. The molecule has 3 nitrogen and oxygen atoms in total. The van der Waals surface area contributed by atoms with Gasteiger partial charge in [0.15, 0.2) is 0 Å². The molecule has 0 aromatic heterocycles. The van der Waals surface area contributed by atoms with Crippen LogP contribution in [0.2, 0.25) is 0 Å². The fraction of sp³-hybridized carbons (Fsp3) is 1.00. The zero-order valence-electron chi connectivity index (χ0n) is 11.1. The van der Waals surface area contributed by atoms with E-state index >= 15 is 0 Å². The van der Waals surface area contributed by atoms with Gasteiger partial charge in [0, 0.05) is 18.3 Å². The van der Waals surface area contributed by atoms with Gasteiger partial charge in [0.1, 0.15) is 9.84 Å². The molecule has 0 N–H and O–H groups in total. The minimum atomic E-state index is -2.88. The van der Waals surface area contributed by atoms with Crippen LogP contribution in [0.5, 0.6) is 0 Å². The van der Waals surface area contributed by atoms with Crippen molar-refractivity contribution in [1.82, 2.24) is 4.90 Å². The molecular formula is C12H25NO2S. The Kier molecular flexibility index (Phi) is 4.41. The number of sulfone groups is 1. The predicted molar refractivity (Wildman–Crippen MR) is 68.3 cm³/mol. The summed E-state index contributed by atoms with van der Waals surface area (Å²) in [5.41, 5.74) is 0. The Hall–Kier alpha value is -0.0900. The van der Waals surface area contributed by atoms with Gasteiger partial charge in [-0.3, -0.25) is 4.90 Å². The number of hydrogen-bond acceptors (Lipinski definition) is 3. The molecule has 1 saturated heterocycles. The molecule has 0 radical (unpaired) electrons. The summed E-state index contributed by atoms with van der Waals surface area (Å²) in [6, 6.07) is 0.658. The molecule has 1 aliphatic heterocycles. The van der Waals surface area contributed by atoms with Crippen LogP contribution in [0.1, 0.15) is 34.1 Å². The third kappa shape index (κ3) is 3.45. The number of rotatable bonds is 4. The van der Waals surface area contributed by atoms with Gasteiger partial charge in [-0.2, -0.15) is 0 Å². The summed E-state index contributed by atoms with van der Waals surface area (Å²) >= 11 is 0. The van der Waals surface area contributed by atoms with Gasteiger partial charge in [-0.05, 0) is 38.6 Å². The normalized spacial score (nSPS) is 28.2. The van der Waals surface area contributed by atoms with Crippen molar-refractivity contribution >= 4 is 9.84 Å². The SMILES string of the molecule is CC(C)C1CCN(C(C)C)C1CS(C)(=O)=O. The monoisotopic (exact) mass is 247 g/mol. The number of likely N-dealkylation sites (tertiary alicyclic amines) is 1. The van der Waals surface area contributed by atoms with E-state index < -0.39 is 9.84 Å². The average molecular weight is 247 g/mol. The molecule has 0 aliphatic carbocycles. The second kappa shape index (κ2) is 5.05. The van der Waals surface area contributed by atoms with Crippen molar-refractivity contribution in [3.05, 3.63) is 0 Å². The van der Waals surface area contributed by atoms with Crippen molar-refractivity contribution in [3.63, 3.8) is 0 Å². The van der Waals surface area contributed by atoms with Gasteiger partial charge in [0.2, 0.25) is 0 Å². The van der Waals surface area contributed by atoms with Crippen molar-refractivity contribution < 1.29 is 8.42 Å². The molecule has 0 bridgehead atoms. The van der Waals surface area contributed by atoms with Crippen molar-refractivity contribution in [2.45, 2.75) is 46.2 Å². The highest BCUT2D eigenvalue weighted by molar-refractivity contribution is 7.90. The van der Waals surface area contributed by atoms with Crippen molar-refractivity contribution in [2.75, 3.05) is 18.6 Å². The molecule has 4 heteroatoms. The third-order valence-electron chi connectivity index (χ3n) is 3.63. The molecule has 96 valence electrons. The molecule has 16 heavy (non-hydrogen) atoms. The Morgan fingerprint density at radius 2 is 1.81 bits per heavy atom. The lowest BCUT2D eigenvalue weighted by Gasteiger charge is -2.32. The lowest BCUT2D eigenvalue weighted by molar-refractivity contribution is 0.181. The van der Waals surface area contributed by atoms with Crippen molar-refractivity contribution in [1.29, 1.82) is 0 Å². The zero-order valence-corrected chi connectivity index (χ0v) is 11.9. The molecule has 1 aliphatic rings. The minimum Gasteiger partial charge on any atom is -0.297 e. The molecular weight excluding hydrogens is 222 g/mol. The highest BCUT2D eigenvalue weighted by Crippen LogP contribution is 2.32. The van der Waals surface area contributed by atoms with E-state index in [1.807, 2.05) is 0 Å². The Bertz CT molecular complexity index is 306. The predicted octanol–water partition coefficient (Wildman–Crippen LogP) is 1.79. The first-order valence-corrected chi connectivity index (χ1v) is 8.22. The van der Waals surface area contributed by atoms with Crippen LogP contribution >= 0.6 is 0 Å². The number of hydrogen-bond donors (Lipinski definition) is 0. The van der Waals surface area contributed by atoms with Crippen LogP contribution in [0.4, 0.5) is 0 Å². The van der Waals surface area contributed by atoms with Crippen LogP contribution in [0.25, 0.3) is 0 Å². The maximum Gasteiger partial charge on any atom is 0.149 e. The molecule has 1 rings (SSSR count). The minimum absolute atomic E-state index is 0.218. The smallest absolute Gasteiger partial charge is 0.149 e. The maximum atomic E-state index is 11.5. The van der Waals surface area contributed by atoms with E-state index in [2.05, 4.69) is 32.6 Å². The van der Waals surface area contributed by atoms with E-state index in [0.29, 0.717) is 23.6 Å². The zero-order chi connectivity index (χ0) is 12.5. The Balaban J connectivity index is 2.85. The van der Waals surface area contributed by atoms with Crippen LogP contribution in [0.3, 0.4) is 0 Å². The van der Waals surface area contributed by atoms with Crippen LogP contribution in [0.15, 0.2) is 0 Å². The lowest BCUT2D eigenvalue weighted by atomic mass is 9.89. The Morgan fingerprint density at radius 1 is 1.25 bits per heavy atom. The van der Waals surface area contributed by atoms with Crippen molar-refractivity contribution in [2.24, 2.45) is 11.8 Å². The van der Waals surface area contributed by atoms with Gasteiger partial charge in [0.05, 0.1) is 5.75 Å². The van der Waals surface area contributed by atoms with Gasteiger partial charge in [-0.15, -0.1) is 0 Å². The molecule has 1 heterocycles. The highest BCUT2D eigenvalue weighted by Gasteiger charge is 2.38. The Morgan fingerprint density at radius 3 is 2.19 bits per heavy atom. The molecule has 0 aromatic carbocycles. The first-order chi connectivity index (χ1) is 7.22. The Labute approximate surface area is 100 Å². The summed E-state index contributed by atoms with van der Waals surface area (Å²) in [5.74, 6) is 1.40. The van der Waals surface area contributed by atoms with E-state index in [4.69, 9.17) is 0 Å². The molecule has 0 spiro atoms. The van der Waals surface area contributed by atoms with Crippen LogP contribution in [-0.2, 0) is 9.84 Å². The van der Waals surface area contributed by atoms with E-state index in [0.717, 1.165) is 13.0 Å². The molecule has 0 saturated carbocycles. The lowest BCUT2D eigenvalue weighted by Crippen LogP contribution is -2.43. The van der Waals surface area contributed by atoms with Gasteiger partial charge < -0.3 is 0 Å². The van der Waals surface area contributed by atoms with E-state index in [1.165, 1.54) is 6.26 Å². The largest absolute Gasteiger partial charge is 0.297 e. The van der Waals surface area contributed by atoms with Crippen molar-refractivity contribution in [3.8, 4) is 0 Å². The maximum absolute atomic E-state index is 11.5. The molecule has 1 fully saturated rings. The third-order valence-corrected chi connectivity index (χ3v) is 4.58. The molecule has 0 aromatic rings. The first-order valence-electron chi connectivity index (χ1n) is 6.16. The van der Waals surface area contributed by atoms with Gasteiger partial charge >= 0.3 is 0 Å². The van der Waals surface area contributed by atoms with Gasteiger partial charge in [-0.25, -0.2) is 8.42 Å². The van der Waals surface area contributed by atoms with Crippen LogP contribution in [-0.4, -0.2) is 44.0 Å². The van der Waals surface area contributed by atoms with Gasteiger partial charge in [0.25, 0.3) is 0 Å². The van der Waals surface area contributed by atoms with Crippen LogP contribution in [0, 0.1) is 11.8 Å². The fourth-order valence-electron chi connectivity index (χ4n) is 2.85. The summed E-state index contributed by atoms with van der Waals surface area (Å²) in [6.07, 6.45) is 2.48. The van der Waals surface area contributed by atoms with Crippen LogP contribution < -0.4 is 0 Å². The summed E-state index contributed by atoms with van der Waals surface area (Å²) in [6.45, 7) is 9.74. The highest BCUT2D eigenvalue weighted by atomic mass is 32.2. The first kappa shape index (κ1) is 14.0. The summed E-state index contributed by atoms with van der Waals surface area (Å²) in [4.78, 5) is 2.35. The van der Waals surface area contributed by atoms with E-state index in [-0.39, 0.29) is 6.04 Å². The van der Waals surface area contributed by atoms with E-state index in [1.54, 1.807) is 0 Å². The summed E-state index contributed by atoms with van der Waals surface area (Å²) in [7, 11) is -2.88.